The molecule has 24 heavy (non-hydrogen) atoms. The van der Waals surface area contributed by atoms with E-state index in [0.717, 1.165) is 11.1 Å². The number of ketones is 1. The van der Waals surface area contributed by atoms with Crippen molar-refractivity contribution < 1.29 is 9.59 Å². The monoisotopic (exact) mass is 344 g/mol. The lowest BCUT2D eigenvalue weighted by atomic mass is 9.92. The van der Waals surface area contributed by atoms with Crippen LogP contribution in [-0.2, 0) is 5.54 Å². The molecule has 2 N–H and O–H groups in total. The summed E-state index contributed by atoms with van der Waals surface area (Å²) in [4.78, 5) is 23.8. The average molecular weight is 345 g/mol. The summed E-state index contributed by atoms with van der Waals surface area (Å²) in [6.07, 6.45) is 0. The molecule has 0 aliphatic rings. The predicted molar refractivity (Wildman–Crippen MR) is 97.8 cm³/mol. The Labute approximate surface area is 147 Å². The van der Waals surface area contributed by atoms with Gasteiger partial charge in [-0.25, -0.2) is 4.79 Å². The summed E-state index contributed by atoms with van der Waals surface area (Å²) in [6.45, 7) is 7.18. The maximum absolute atomic E-state index is 12.3. The molecular weight excluding hydrogens is 324 g/mol. The largest absolute Gasteiger partial charge is 0.329 e. The maximum atomic E-state index is 12.3. The summed E-state index contributed by atoms with van der Waals surface area (Å²) in [5, 5.41) is 6.38. The molecule has 2 aromatic rings. The molecular formula is C19H21ClN2O2. The van der Waals surface area contributed by atoms with Gasteiger partial charge in [0.05, 0.1) is 5.54 Å². The number of rotatable bonds is 4. The van der Waals surface area contributed by atoms with Gasteiger partial charge in [0, 0.05) is 16.3 Å². The molecule has 0 radical (unpaired) electrons. The van der Waals surface area contributed by atoms with Crippen LogP contribution >= 0.6 is 11.6 Å². The molecule has 126 valence electrons. The van der Waals surface area contributed by atoms with E-state index in [1.54, 1.807) is 24.3 Å². The number of carbonyl (C=O) groups excluding carboxylic acids is 2. The van der Waals surface area contributed by atoms with Gasteiger partial charge in [-0.1, -0.05) is 29.8 Å². The van der Waals surface area contributed by atoms with Crippen LogP contribution in [0.1, 0.15) is 42.3 Å². The maximum Gasteiger partial charge on any atom is 0.319 e. The number of amides is 2. The van der Waals surface area contributed by atoms with Crippen molar-refractivity contribution in [2.75, 3.05) is 5.32 Å². The minimum absolute atomic E-state index is 0.00580. The quantitative estimate of drug-likeness (QED) is 0.774. The third-order valence-corrected chi connectivity index (χ3v) is 4.26. The highest BCUT2D eigenvalue weighted by molar-refractivity contribution is 6.31. The predicted octanol–water partition coefficient (Wildman–Crippen LogP) is 4.91. The highest BCUT2D eigenvalue weighted by Gasteiger charge is 2.23. The number of carbonyl (C=O) groups is 2. The molecule has 5 heteroatoms. The molecule has 0 bridgehead atoms. The fourth-order valence-corrected chi connectivity index (χ4v) is 2.49. The fourth-order valence-electron chi connectivity index (χ4n) is 2.37. The Morgan fingerprint density at radius 2 is 1.79 bits per heavy atom. The Morgan fingerprint density at radius 1 is 1.08 bits per heavy atom. The van der Waals surface area contributed by atoms with Crippen molar-refractivity contribution >= 4 is 29.1 Å². The minimum Gasteiger partial charge on any atom is -0.329 e. The van der Waals surface area contributed by atoms with Crippen molar-refractivity contribution in [3.63, 3.8) is 0 Å². The van der Waals surface area contributed by atoms with E-state index in [1.165, 1.54) is 6.92 Å². The fraction of sp³-hybridized carbons (Fsp3) is 0.263. The van der Waals surface area contributed by atoms with E-state index in [2.05, 4.69) is 10.6 Å². The molecule has 2 aromatic carbocycles. The number of anilines is 1. The second-order valence-electron chi connectivity index (χ2n) is 6.31. The van der Waals surface area contributed by atoms with Gasteiger partial charge < -0.3 is 10.6 Å². The van der Waals surface area contributed by atoms with Crippen LogP contribution in [-0.4, -0.2) is 11.8 Å². The normalized spacial score (nSPS) is 11.0. The zero-order valence-electron chi connectivity index (χ0n) is 14.2. The van der Waals surface area contributed by atoms with Crippen molar-refractivity contribution in [1.29, 1.82) is 0 Å². The summed E-state index contributed by atoms with van der Waals surface area (Å²) < 4.78 is 0. The third-order valence-electron chi connectivity index (χ3n) is 3.83. The van der Waals surface area contributed by atoms with Crippen LogP contribution in [0.2, 0.25) is 5.02 Å². The summed E-state index contributed by atoms with van der Waals surface area (Å²) in [5.41, 5.74) is 2.41. The lowest BCUT2D eigenvalue weighted by molar-refractivity contribution is 0.101. The van der Waals surface area contributed by atoms with Crippen LogP contribution in [0, 0.1) is 6.92 Å². The zero-order chi connectivity index (χ0) is 17.9. The molecule has 2 rings (SSSR count). The molecule has 0 heterocycles. The van der Waals surface area contributed by atoms with Crippen molar-refractivity contribution in [1.82, 2.24) is 5.32 Å². The van der Waals surface area contributed by atoms with E-state index >= 15 is 0 Å². The van der Waals surface area contributed by atoms with Gasteiger partial charge in [-0.3, -0.25) is 4.79 Å². The molecule has 0 fully saturated rings. The van der Waals surface area contributed by atoms with Crippen molar-refractivity contribution in [2.24, 2.45) is 0 Å². The Bertz CT molecular complexity index is 785. The van der Waals surface area contributed by atoms with Crippen molar-refractivity contribution in [2.45, 2.75) is 33.2 Å². The van der Waals surface area contributed by atoms with Gasteiger partial charge in [-0.2, -0.15) is 0 Å². The highest BCUT2D eigenvalue weighted by Crippen LogP contribution is 2.23. The number of hydrogen-bond donors (Lipinski definition) is 2. The van der Waals surface area contributed by atoms with E-state index in [-0.39, 0.29) is 11.8 Å². The average Bonchev–Trinajstić information content (AvgIpc) is 2.50. The summed E-state index contributed by atoms with van der Waals surface area (Å²) in [5.74, 6) is -0.00580. The molecule has 0 saturated heterocycles. The third kappa shape index (κ3) is 4.36. The van der Waals surface area contributed by atoms with Gasteiger partial charge in [-0.15, -0.1) is 0 Å². The number of halogens is 1. The van der Waals surface area contributed by atoms with Crippen LogP contribution in [0.4, 0.5) is 10.5 Å². The Kier molecular flexibility index (Phi) is 5.30. The molecule has 0 spiro atoms. The summed E-state index contributed by atoms with van der Waals surface area (Å²) in [6, 6.07) is 12.2. The van der Waals surface area contributed by atoms with Crippen LogP contribution in [0.3, 0.4) is 0 Å². The lowest BCUT2D eigenvalue weighted by Crippen LogP contribution is -2.43. The number of aryl methyl sites for hydroxylation is 1. The minimum atomic E-state index is -0.628. The van der Waals surface area contributed by atoms with Gasteiger partial charge >= 0.3 is 6.03 Å². The summed E-state index contributed by atoms with van der Waals surface area (Å²) >= 11 is 5.99. The van der Waals surface area contributed by atoms with E-state index in [4.69, 9.17) is 11.6 Å². The first-order chi connectivity index (χ1) is 11.2. The zero-order valence-corrected chi connectivity index (χ0v) is 15.0. The van der Waals surface area contributed by atoms with E-state index in [0.29, 0.717) is 16.3 Å². The van der Waals surface area contributed by atoms with Crippen LogP contribution in [0.15, 0.2) is 42.5 Å². The molecule has 0 aliphatic heterocycles. The van der Waals surface area contributed by atoms with Gasteiger partial charge in [0.1, 0.15) is 0 Å². The van der Waals surface area contributed by atoms with E-state index in [9.17, 15) is 9.59 Å². The van der Waals surface area contributed by atoms with Gasteiger partial charge in [0.2, 0.25) is 0 Å². The smallest absolute Gasteiger partial charge is 0.319 e. The summed E-state index contributed by atoms with van der Waals surface area (Å²) in [7, 11) is 0. The Morgan fingerprint density at radius 3 is 2.42 bits per heavy atom. The van der Waals surface area contributed by atoms with Crippen LogP contribution in [0.5, 0.6) is 0 Å². The number of Topliss-reactive ketones (excluding diaryl/α,β-unsaturated/α-hetero) is 1. The standard InChI is InChI=1S/C19H21ClN2O2/c1-12-10-16(8-9-17(12)20)21-18(24)22-19(3,4)15-7-5-6-14(11-15)13(2)23/h5-11H,1-4H3,(H2,21,22,24). The Hall–Kier alpha value is -2.33. The van der Waals surface area contributed by atoms with E-state index < -0.39 is 5.54 Å². The molecule has 0 saturated carbocycles. The molecule has 0 aliphatic carbocycles. The van der Waals surface area contributed by atoms with Gasteiger partial charge in [-0.05, 0) is 63.1 Å². The highest BCUT2D eigenvalue weighted by atomic mass is 35.5. The van der Waals surface area contributed by atoms with Crippen LogP contribution in [0.25, 0.3) is 0 Å². The van der Waals surface area contributed by atoms with Gasteiger partial charge in [0.25, 0.3) is 0 Å². The lowest BCUT2D eigenvalue weighted by Gasteiger charge is -2.27. The SMILES string of the molecule is CC(=O)c1cccc(C(C)(C)NC(=O)Nc2ccc(Cl)c(C)c2)c1. The number of nitrogens with one attached hydrogen (secondary N) is 2. The van der Waals surface area contributed by atoms with E-state index in [1.807, 2.05) is 39.0 Å². The molecule has 0 unspecified atom stereocenters. The molecule has 2 amide bonds. The molecule has 4 nitrogen and oxygen atoms in total. The first kappa shape index (κ1) is 18.0. The number of hydrogen-bond acceptors (Lipinski definition) is 2. The van der Waals surface area contributed by atoms with Crippen LogP contribution < -0.4 is 10.6 Å². The van der Waals surface area contributed by atoms with Gasteiger partial charge in [0.15, 0.2) is 5.78 Å². The van der Waals surface area contributed by atoms with Crippen molar-refractivity contribution in [3.8, 4) is 0 Å². The molecule has 0 aromatic heterocycles. The second kappa shape index (κ2) is 7.05. The number of urea groups is 1. The topological polar surface area (TPSA) is 58.2 Å². The Balaban J connectivity index is 2.13. The first-order valence-corrected chi connectivity index (χ1v) is 8.03. The van der Waals surface area contributed by atoms with Crippen molar-refractivity contribution in [3.05, 3.63) is 64.2 Å². The first-order valence-electron chi connectivity index (χ1n) is 7.66. The second-order valence-corrected chi connectivity index (χ2v) is 6.71. The molecule has 0 atom stereocenters. The number of benzene rings is 2.